The van der Waals surface area contributed by atoms with Crippen molar-refractivity contribution in [3.05, 3.63) is 47.5 Å². The number of carbonyl (C=O) groups is 2. The number of rotatable bonds is 1. The van der Waals surface area contributed by atoms with E-state index in [2.05, 4.69) is 0 Å². The number of benzene rings is 1. The van der Waals surface area contributed by atoms with E-state index in [0.717, 1.165) is 12.0 Å². The first-order valence-corrected chi connectivity index (χ1v) is 7.50. The Balaban J connectivity index is 2.30. The normalized spacial score (nSPS) is 31.3. The number of ketones is 1. The highest BCUT2D eigenvalue weighted by Crippen LogP contribution is 2.48. The molecule has 1 amide bonds. The number of nitriles is 1. The van der Waals surface area contributed by atoms with Crippen LogP contribution in [0.3, 0.4) is 0 Å². The van der Waals surface area contributed by atoms with E-state index < -0.39 is 5.41 Å². The summed E-state index contributed by atoms with van der Waals surface area (Å²) in [6, 6.07) is 11.5. The summed E-state index contributed by atoms with van der Waals surface area (Å²) in [4.78, 5) is 27.1. The average molecular weight is 294 g/mol. The second-order valence-corrected chi connectivity index (χ2v) is 6.18. The summed E-state index contributed by atoms with van der Waals surface area (Å²) in [7, 11) is 1.78. The highest BCUT2D eigenvalue weighted by atomic mass is 16.2. The largest absolute Gasteiger partial charge is 0.345 e. The molecule has 3 atom stereocenters. The molecule has 2 aliphatic rings. The molecular weight excluding hydrogens is 276 g/mol. The number of likely N-dealkylation sites (N-methyl/N-ethyl adjacent to an activating group) is 1. The maximum Gasteiger partial charge on any atom is 0.237 e. The SMILES string of the molecule is C[C@H]1C(=O)C(C#N)=C[C@@]2(c3ccccc3)C(=O)N(C)CC[C@H]12. The fourth-order valence-corrected chi connectivity index (χ4v) is 3.90. The zero-order valence-electron chi connectivity index (χ0n) is 12.7. The van der Waals surface area contributed by atoms with E-state index >= 15 is 0 Å². The zero-order chi connectivity index (χ0) is 15.9. The third kappa shape index (κ3) is 1.82. The van der Waals surface area contributed by atoms with Gasteiger partial charge in [0.05, 0.1) is 11.0 Å². The predicted molar refractivity (Wildman–Crippen MR) is 81.7 cm³/mol. The van der Waals surface area contributed by atoms with Gasteiger partial charge in [-0.25, -0.2) is 0 Å². The summed E-state index contributed by atoms with van der Waals surface area (Å²) in [5.74, 6) is -0.584. The number of hydrogen-bond donors (Lipinski definition) is 0. The maximum atomic E-state index is 13.1. The van der Waals surface area contributed by atoms with Gasteiger partial charge in [-0.2, -0.15) is 5.26 Å². The molecule has 0 aromatic heterocycles. The average Bonchev–Trinajstić information content (AvgIpc) is 2.55. The number of fused-ring (bicyclic) bond motifs is 1. The van der Waals surface area contributed by atoms with Gasteiger partial charge in [0.1, 0.15) is 6.07 Å². The van der Waals surface area contributed by atoms with Crippen molar-refractivity contribution in [3.63, 3.8) is 0 Å². The van der Waals surface area contributed by atoms with Gasteiger partial charge in [-0.3, -0.25) is 9.59 Å². The lowest BCUT2D eigenvalue weighted by Gasteiger charge is -2.49. The predicted octanol–water partition coefficient (Wildman–Crippen LogP) is 2.07. The minimum atomic E-state index is -0.896. The number of Topliss-reactive ketones (excluding diaryl/α,β-unsaturated/α-hetero) is 1. The van der Waals surface area contributed by atoms with Crippen molar-refractivity contribution in [3.8, 4) is 6.07 Å². The van der Waals surface area contributed by atoms with Crippen LogP contribution in [0.2, 0.25) is 0 Å². The first-order valence-electron chi connectivity index (χ1n) is 7.50. The van der Waals surface area contributed by atoms with Gasteiger partial charge in [0.2, 0.25) is 5.91 Å². The molecular formula is C18H18N2O2. The number of piperidine rings is 1. The Labute approximate surface area is 130 Å². The van der Waals surface area contributed by atoms with Crippen molar-refractivity contribution >= 4 is 11.7 Å². The molecule has 1 heterocycles. The van der Waals surface area contributed by atoms with Crippen molar-refractivity contribution in [2.24, 2.45) is 11.8 Å². The van der Waals surface area contributed by atoms with Gasteiger partial charge in [-0.05, 0) is 24.0 Å². The molecule has 0 unspecified atom stereocenters. The molecule has 1 aromatic rings. The van der Waals surface area contributed by atoms with Gasteiger partial charge < -0.3 is 4.90 Å². The van der Waals surface area contributed by atoms with E-state index in [9.17, 15) is 14.9 Å². The Bertz CT molecular complexity index is 702. The van der Waals surface area contributed by atoms with Crippen LogP contribution in [0.4, 0.5) is 0 Å². The highest BCUT2D eigenvalue weighted by molar-refractivity contribution is 6.06. The third-order valence-electron chi connectivity index (χ3n) is 5.09. The van der Waals surface area contributed by atoms with Crippen LogP contribution in [-0.2, 0) is 15.0 Å². The van der Waals surface area contributed by atoms with Crippen LogP contribution < -0.4 is 0 Å². The molecule has 0 radical (unpaired) electrons. The Hall–Kier alpha value is -2.41. The van der Waals surface area contributed by atoms with Crippen LogP contribution in [-0.4, -0.2) is 30.2 Å². The molecule has 22 heavy (non-hydrogen) atoms. The molecule has 4 nitrogen and oxygen atoms in total. The minimum absolute atomic E-state index is 0.0259. The maximum absolute atomic E-state index is 13.1. The molecule has 1 aromatic carbocycles. The Kier molecular flexibility index (Phi) is 3.37. The van der Waals surface area contributed by atoms with Crippen LogP contribution in [0.25, 0.3) is 0 Å². The standard InChI is InChI=1S/C18H18N2O2/c1-12-15-8-9-20(2)17(22)18(15,10-13(11-19)16(12)21)14-6-4-3-5-7-14/h3-7,10,12,15H,8-9H2,1-2H3/t12-,15-,18+/m1/s1. The van der Waals surface area contributed by atoms with Crippen LogP contribution in [0, 0.1) is 23.2 Å². The summed E-state index contributed by atoms with van der Waals surface area (Å²) in [6.45, 7) is 2.49. The molecule has 1 aliphatic heterocycles. The van der Waals surface area contributed by atoms with Gasteiger partial charge in [-0.1, -0.05) is 37.3 Å². The van der Waals surface area contributed by atoms with Gasteiger partial charge in [-0.15, -0.1) is 0 Å². The summed E-state index contributed by atoms with van der Waals surface area (Å²) in [5, 5.41) is 9.32. The van der Waals surface area contributed by atoms with Crippen molar-refractivity contribution in [1.82, 2.24) is 4.90 Å². The van der Waals surface area contributed by atoms with Gasteiger partial charge >= 0.3 is 0 Å². The lowest BCUT2D eigenvalue weighted by molar-refractivity contribution is -0.143. The first-order chi connectivity index (χ1) is 10.5. The van der Waals surface area contributed by atoms with Crippen LogP contribution >= 0.6 is 0 Å². The fraction of sp³-hybridized carbons (Fsp3) is 0.389. The highest BCUT2D eigenvalue weighted by Gasteiger charge is 2.55. The number of amides is 1. The number of carbonyl (C=O) groups excluding carboxylic acids is 2. The molecule has 1 fully saturated rings. The van der Waals surface area contributed by atoms with E-state index in [0.29, 0.717) is 6.54 Å². The second-order valence-electron chi connectivity index (χ2n) is 6.18. The number of hydrogen-bond acceptors (Lipinski definition) is 3. The van der Waals surface area contributed by atoms with E-state index in [4.69, 9.17) is 0 Å². The summed E-state index contributed by atoms with van der Waals surface area (Å²) >= 11 is 0. The molecule has 0 saturated carbocycles. The first kappa shape index (κ1) is 14.5. The Morgan fingerprint density at radius 2 is 1.95 bits per heavy atom. The lowest BCUT2D eigenvalue weighted by atomic mass is 9.57. The Morgan fingerprint density at radius 1 is 1.27 bits per heavy atom. The Morgan fingerprint density at radius 3 is 2.59 bits per heavy atom. The van der Waals surface area contributed by atoms with Gasteiger partial charge in [0.25, 0.3) is 0 Å². The quantitative estimate of drug-likeness (QED) is 0.796. The van der Waals surface area contributed by atoms with Gasteiger partial charge in [0.15, 0.2) is 5.78 Å². The molecule has 1 saturated heterocycles. The third-order valence-corrected chi connectivity index (χ3v) is 5.09. The van der Waals surface area contributed by atoms with Gasteiger partial charge in [0, 0.05) is 19.5 Å². The minimum Gasteiger partial charge on any atom is -0.345 e. The van der Waals surface area contributed by atoms with Crippen molar-refractivity contribution in [1.29, 1.82) is 5.26 Å². The molecule has 3 rings (SSSR count). The van der Waals surface area contributed by atoms with E-state index in [1.165, 1.54) is 0 Å². The summed E-state index contributed by atoms with van der Waals surface area (Å²) in [5.41, 5.74) is 0.0760. The molecule has 112 valence electrons. The van der Waals surface area contributed by atoms with Crippen LogP contribution in [0.1, 0.15) is 18.9 Å². The molecule has 0 bridgehead atoms. The zero-order valence-corrected chi connectivity index (χ0v) is 12.7. The van der Waals surface area contributed by atoms with E-state index in [1.54, 1.807) is 18.0 Å². The molecule has 0 N–H and O–H groups in total. The van der Waals surface area contributed by atoms with Crippen molar-refractivity contribution in [2.75, 3.05) is 13.6 Å². The van der Waals surface area contributed by atoms with E-state index in [1.807, 2.05) is 43.3 Å². The lowest BCUT2D eigenvalue weighted by Crippen LogP contribution is -2.58. The van der Waals surface area contributed by atoms with Crippen molar-refractivity contribution in [2.45, 2.75) is 18.8 Å². The molecule has 4 heteroatoms. The van der Waals surface area contributed by atoms with Crippen LogP contribution in [0.5, 0.6) is 0 Å². The number of nitrogens with zero attached hydrogens (tertiary/aromatic N) is 2. The van der Waals surface area contributed by atoms with E-state index in [-0.39, 0.29) is 29.1 Å². The topological polar surface area (TPSA) is 61.2 Å². The second kappa shape index (κ2) is 5.10. The molecule has 1 aliphatic carbocycles. The molecule has 0 spiro atoms. The van der Waals surface area contributed by atoms with Crippen molar-refractivity contribution < 1.29 is 9.59 Å². The monoisotopic (exact) mass is 294 g/mol. The number of likely N-dealkylation sites (tertiary alicyclic amines) is 1. The fourth-order valence-electron chi connectivity index (χ4n) is 3.90. The number of allylic oxidation sites excluding steroid dienone is 1. The summed E-state index contributed by atoms with van der Waals surface area (Å²) in [6.07, 6.45) is 2.38. The summed E-state index contributed by atoms with van der Waals surface area (Å²) < 4.78 is 0. The van der Waals surface area contributed by atoms with Crippen LogP contribution in [0.15, 0.2) is 42.0 Å². The smallest absolute Gasteiger partial charge is 0.237 e.